The molecule has 0 saturated heterocycles. The van der Waals surface area contributed by atoms with E-state index in [4.69, 9.17) is 35.3 Å². The first-order valence-electron chi connectivity index (χ1n) is 9.62. The van der Waals surface area contributed by atoms with Crippen LogP contribution >= 0.6 is 11.6 Å². The summed E-state index contributed by atoms with van der Waals surface area (Å²) in [6.45, 7) is 4.12. The molecule has 3 aliphatic rings. The number of ketones is 2. The van der Waals surface area contributed by atoms with Gasteiger partial charge in [-0.05, 0) is 13.3 Å². The summed E-state index contributed by atoms with van der Waals surface area (Å²) in [4.78, 5) is 26.5. The highest BCUT2D eigenvalue weighted by Crippen LogP contribution is 2.56. The Morgan fingerprint density at radius 1 is 1.24 bits per heavy atom. The van der Waals surface area contributed by atoms with Gasteiger partial charge in [0.1, 0.15) is 22.1 Å². The van der Waals surface area contributed by atoms with Crippen LogP contribution in [-0.4, -0.2) is 44.3 Å². The number of carbonyl (C=O) groups is 2. The number of hydrogen-bond donors (Lipinski definition) is 0. The quantitative estimate of drug-likeness (QED) is 0.731. The number of hydrogen-bond acceptors (Lipinski definition) is 7. The minimum atomic E-state index is -1.48. The van der Waals surface area contributed by atoms with Crippen molar-refractivity contribution in [2.24, 2.45) is 5.92 Å². The second kappa shape index (κ2) is 7.22. The largest absolute Gasteiger partial charge is 0.496 e. The lowest BCUT2D eigenvalue weighted by Crippen LogP contribution is -2.54. The topological polar surface area (TPSA) is 80.3 Å². The third-order valence-electron chi connectivity index (χ3n) is 5.78. The highest BCUT2D eigenvalue weighted by Gasteiger charge is 2.62. The van der Waals surface area contributed by atoms with E-state index in [1.807, 2.05) is 6.92 Å². The average Bonchev–Trinajstić information content (AvgIpc) is 3.02. The zero-order valence-corrected chi connectivity index (χ0v) is 17.6. The van der Waals surface area contributed by atoms with Crippen LogP contribution in [0, 0.1) is 5.92 Å². The molecule has 0 saturated carbocycles. The number of rotatable bonds is 4. The molecule has 3 atom stereocenters. The van der Waals surface area contributed by atoms with Gasteiger partial charge in [-0.2, -0.15) is 0 Å². The first-order valence-corrected chi connectivity index (χ1v) is 10.00. The van der Waals surface area contributed by atoms with E-state index >= 15 is 0 Å². The maximum Gasteiger partial charge on any atom is 0.231 e. The normalized spacial score (nSPS) is 28.0. The van der Waals surface area contributed by atoms with Gasteiger partial charge in [0.25, 0.3) is 0 Å². The van der Waals surface area contributed by atoms with Crippen LogP contribution in [-0.2, 0) is 14.3 Å². The summed E-state index contributed by atoms with van der Waals surface area (Å²) >= 11 is 6.47. The molecule has 1 spiro atoms. The van der Waals surface area contributed by atoms with Crippen LogP contribution < -0.4 is 14.2 Å². The van der Waals surface area contributed by atoms with Crippen LogP contribution in [0.2, 0.25) is 5.02 Å². The van der Waals surface area contributed by atoms with Gasteiger partial charge in [0.15, 0.2) is 23.6 Å². The minimum absolute atomic E-state index is 0.0314. The Bertz CT molecular complexity index is 922. The summed E-state index contributed by atoms with van der Waals surface area (Å²) in [5.41, 5.74) is -0.763. The molecule has 29 heavy (non-hydrogen) atoms. The van der Waals surface area contributed by atoms with Crippen LogP contribution in [0.1, 0.15) is 43.5 Å². The fraction of sp³-hybridized carbons (Fsp3) is 0.524. The summed E-state index contributed by atoms with van der Waals surface area (Å²) in [6, 6.07) is 1.56. The maximum absolute atomic E-state index is 13.8. The molecule has 1 aliphatic carbocycles. The van der Waals surface area contributed by atoms with Crippen LogP contribution in [0.15, 0.2) is 17.4 Å². The van der Waals surface area contributed by atoms with E-state index in [2.05, 4.69) is 0 Å². The first-order chi connectivity index (χ1) is 13.9. The molecule has 0 bridgehead atoms. The number of allylic oxidation sites excluding steroid dienone is 1. The Hall–Kier alpha value is -2.25. The second-order valence-electron chi connectivity index (χ2n) is 7.34. The number of fused-ring (bicyclic) bond motifs is 2. The van der Waals surface area contributed by atoms with E-state index in [0.717, 1.165) is 0 Å². The molecule has 1 aromatic carbocycles. The van der Waals surface area contributed by atoms with Crippen molar-refractivity contribution in [3.63, 3.8) is 0 Å². The van der Waals surface area contributed by atoms with Gasteiger partial charge in [-0.1, -0.05) is 18.5 Å². The number of benzene rings is 1. The fourth-order valence-electron chi connectivity index (χ4n) is 4.36. The molecule has 0 fully saturated rings. The zero-order chi connectivity index (χ0) is 20.9. The Labute approximate surface area is 173 Å². The molecular formula is C21H23ClO7. The fourth-order valence-corrected chi connectivity index (χ4v) is 4.63. The number of methoxy groups -OCH3 is 2. The van der Waals surface area contributed by atoms with Gasteiger partial charge in [-0.3, -0.25) is 9.59 Å². The molecule has 0 radical (unpaired) electrons. The molecule has 0 N–H and O–H groups in total. The standard InChI is InChI=1S/C21H23ClO7/c1-5-27-15-7-6-11-12(23)8-10(2)21(20(11)28-15)19(24)16-13(25-3)9-14(26-4)17(22)18(16)29-21/h9-10,15H,5-8H2,1-4H3/t10?,15?,21-/m1/s1. The van der Waals surface area contributed by atoms with E-state index in [9.17, 15) is 9.59 Å². The number of ether oxygens (including phenoxy) is 5. The third-order valence-corrected chi connectivity index (χ3v) is 6.14. The third kappa shape index (κ3) is 2.74. The van der Waals surface area contributed by atoms with E-state index < -0.39 is 17.8 Å². The van der Waals surface area contributed by atoms with Crippen molar-refractivity contribution in [3.8, 4) is 17.2 Å². The van der Waals surface area contributed by atoms with Crippen molar-refractivity contribution < 1.29 is 33.3 Å². The van der Waals surface area contributed by atoms with E-state index in [1.165, 1.54) is 14.2 Å². The van der Waals surface area contributed by atoms with Crippen molar-refractivity contribution in [3.05, 3.63) is 28.0 Å². The first kappa shape index (κ1) is 20.0. The van der Waals surface area contributed by atoms with Crippen LogP contribution in [0.3, 0.4) is 0 Å². The summed E-state index contributed by atoms with van der Waals surface area (Å²) in [6.07, 6.45) is 0.648. The van der Waals surface area contributed by atoms with Gasteiger partial charge >= 0.3 is 0 Å². The van der Waals surface area contributed by atoms with Crippen molar-refractivity contribution in [2.45, 2.75) is 45.0 Å². The molecule has 2 aliphatic heterocycles. The predicted molar refractivity (Wildman–Crippen MR) is 104 cm³/mol. The minimum Gasteiger partial charge on any atom is -0.496 e. The lowest BCUT2D eigenvalue weighted by Gasteiger charge is -2.42. The lowest BCUT2D eigenvalue weighted by molar-refractivity contribution is -0.152. The van der Waals surface area contributed by atoms with Crippen molar-refractivity contribution in [1.82, 2.24) is 0 Å². The van der Waals surface area contributed by atoms with E-state index in [0.29, 0.717) is 36.5 Å². The molecule has 0 amide bonds. The van der Waals surface area contributed by atoms with Gasteiger partial charge in [0.05, 0.1) is 14.2 Å². The molecule has 8 heteroatoms. The highest BCUT2D eigenvalue weighted by molar-refractivity contribution is 6.35. The van der Waals surface area contributed by atoms with Gasteiger partial charge in [-0.15, -0.1) is 0 Å². The number of carbonyl (C=O) groups excluding carboxylic acids is 2. The maximum atomic E-state index is 13.8. The molecule has 2 heterocycles. The van der Waals surface area contributed by atoms with E-state index in [1.54, 1.807) is 13.0 Å². The van der Waals surface area contributed by atoms with E-state index in [-0.39, 0.29) is 40.1 Å². The molecular weight excluding hydrogens is 400 g/mol. The van der Waals surface area contributed by atoms with Gasteiger partial charge in [0, 0.05) is 37.0 Å². The summed E-state index contributed by atoms with van der Waals surface area (Å²) in [7, 11) is 2.93. The zero-order valence-electron chi connectivity index (χ0n) is 16.8. The summed E-state index contributed by atoms with van der Waals surface area (Å²) < 4.78 is 28.7. The van der Waals surface area contributed by atoms with Crippen molar-refractivity contribution in [2.75, 3.05) is 20.8 Å². The average molecular weight is 423 g/mol. The highest BCUT2D eigenvalue weighted by atomic mass is 35.5. The van der Waals surface area contributed by atoms with Crippen LogP contribution in [0.25, 0.3) is 0 Å². The van der Waals surface area contributed by atoms with Gasteiger partial charge < -0.3 is 23.7 Å². The molecule has 1 aromatic rings. The molecule has 2 unspecified atom stereocenters. The monoisotopic (exact) mass is 422 g/mol. The number of halogens is 1. The molecule has 4 rings (SSSR count). The summed E-state index contributed by atoms with van der Waals surface area (Å²) in [5, 5.41) is 0.178. The Morgan fingerprint density at radius 3 is 2.62 bits per heavy atom. The van der Waals surface area contributed by atoms with Crippen molar-refractivity contribution >= 4 is 23.2 Å². The Balaban J connectivity index is 1.90. The Morgan fingerprint density at radius 2 is 1.97 bits per heavy atom. The number of Topliss-reactive ketones (excluding diaryl/α,β-unsaturated/α-hetero) is 2. The van der Waals surface area contributed by atoms with Gasteiger partial charge in [-0.25, -0.2) is 0 Å². The molecule has 7 nitrogen and oxygen atoms in total. The Kier molecular flexibility index (Phi) is 4.99. The van der Waals surface area contributed by atoms with Crippen molar-refractivity contribution in [1.29, 1.82) is 0 Å². The van der Waals surface area contributed by atoms with Crippen LogP contribution in [0.4, 0.5) is 0 Å². The second-order valence-corrected chi connectivity index (χ2v) is 7.72. The smallest absolute Gasteiger partial charge is 0.231 e. The molecule has 156 valence electrons. The summed E-state index contributed by atoms with van der Waals surface area (Å²) in [5.74, 6) is 0.229. The van der Waals surface area contributed by atoms with Crippen LogP contribution in [0.5, 0.6) is 17.2 Å². The lowest BCUT2D eigenvalue weighted by atomic mass is 9.71. The SMILES string of the molecule is CCOC1CCC2=C(O1)[C@@]1(Oc3c(Cl)c(OC)cc(OC)c3C1=O)C(C)CC2=O. The molecule has 0 aromatic heterocycles. The van der Waals surface area contributed by atoms with Gasteiger partial charge in [0.2, 0.25) is 11.4 Å². The predicted octanol–water partition coefficient (Wildman–Crippen LogP) is 3.71.